The molecule has 4 unspecified atom stereocenters. The van der Waals surface area contributed by atoms with Gasteiger partial charge in [-0.05, 0) is 46.1 Å². The SMILES string of the molecule is CC12CC3c4cnc5c(ccc6ccccc65)c4C(C)(C1)C32C. The number of fused-ring (bicyclic) bond motifs is 7. The van der Waals surface area contributed by atoms with E-state index in [1.165, 1.54) is 34.5 Å². The summed E-state index contributed by atoms with van der Waals surface area (Å²) in [6.07, 6.45) is 4.90. The van der Waals surface area contributed by atoms with Gasteiger partial charge in [-0.15, -0.1) is 0 Å². The third-order valence-corrected chi connectivity index (χ3v) is 8.21. The lowest BCUT2D eigenvalue weighted by atomic mass is 9.28. The summed E-state index contributed by atoms with van der Waals surface area (Å²) in [6, 6.07) is 13.3. The highest BCUT2D eigenvalue weighted by atomic mass is 14.9. The van der Waals surface area contributed by atoms with E-state index in [-0.39, 0.29) is 0 Å². The molecule has 2 fully saturated rings. The number of rotatable bonds is 0. The summed E-state index contributed by atoms with van der Waals surface area (Å²) in [6.45, 7) is 7.56. The molecule has 1 heteroatoms. The summed E-state index contributed by atoms with van der Waals surface area (Å²) in [4.78, 5) is 4.94. The van der Waals surface area contributed by atoms with Crippen molar-refractivity contribution < 1.29 is 0 Å². The lowest BCUT2D eigenvalue weighted by Gasteiger charge is -2.76. The Morgan fingerprint density at radius 3 is 2.65 bits per heavy atom. The summed E-state index contributed by atoms with van der Waals surface area (Å²) in [7, 11) is 0. The van der Waals surface area contributed by atoms with E-state index in [9.17, 15) is 0 Å². The van der Waals surface area contributed by atoms with Gasteiger partial charge in [-0.2, -0.15) is 0 Å². The molecule has 4 atom stereocenters. The first-order chi connectivity index (χ1) is 11.0. The van der Waals surface area contributed by atoms with Crippen LogP contribution in [-0.4, -0.2) is 4.98 Å². The van der Waals surface area contributed by atoms with E-state index < -0.39 is 0 Å². The van der Waals surface area contributed by atoms with Gasteiger partial charge in [0.15, 0.2) is 0 Å². The van der Waals surface area contributed by atoms with Crippen molar-refractivity contribution >= 4 is 21.7 Å². The Morgan fingerprint density at radius 2 is 1.83 bits per heavy atom. The molecule has 0 amide bonds. The smallest absolute Gasteiger partial charge is 0.0783 e. The van der Waals surface area contributed by atoms with Gasteiger partial charge in [-0.25, -0.2) is 0 Å². The van der Waals surface area contributed by atoms with Crippen LogP contribution >= 0.6 is 0 Å². The molecular formula is C22H21N. The van der Waals surface area contributed by atoms with E-state index >= 15 is 0 Å². The zero-order valence-electron chi connectivity index (χ0n) is 14.0. The third-order valence-electron chi connectivity index (χ3n) is 8.21. The van der Waals surface area contributed by atoms with Gasteiger partial charge in [0.2, 0.25) is 0 Å². The topological polar surface area (TPSA) is 12.9 Å². The van der Waals surface area contributed by atoms with Gasteiger partial charge in [0.1, 0.15) is 0 Å². The number of nitrogens with zero attached hydrogens (tertiary/aromatic N) is 1. The lowest BCUT2D eigenvalue weighted by molar-refractivity contribution is -0.227. The van der Waals surface area contributed by atoms with Crippen molar-refractivity contribution in [1.29, 1.82) is 0 Å². The highest BCUT2D eigenvalue weighted by Crippen LogP contribution is 2.87. The molecular weight excluding hydrogens is 278 g/mol. The van der Waals surface area contributed by atoms with E-state index in [1.54, 1.807) is 11.1 Å². The van der Waals surface area contributed by atoms with Crippen LogP contribution in [-0.2, 0) is 5.41 Å². The lowest BCUT2D eigenvalue weighted by Crippen LogP contribution is -2.70. The molecule has 0 spiro atoms. The molecule has 0 radical (unpaired) electrons. The average molecular weight is 299 g/mol. The molecule has 0 aliphatic heterocycles. The highest BCUT2D eigenvalue weighted by Gasteiger charge is 2.80. The normalized spacial score (nSPS) is 39.7. The Morgan fingerprint density at radius 1 is 1.00 bits per heavy atom. The Balaban J connectivity index is 1.76. The number of pyridine rings is 1. The van der Waals surface area contributed by atoms with Crippen LogP contribution in [0.2, 0.25) is 0 Å². The first-order valence-corrected chi connectivity index (χ1v) is 8.80. The molecule has 23 heavy (non-hydrogen) atoms. The minimum atomic E-state index is 0.337. The van der Waals surface area contributed by atoms with Crippen LogP contribution in [0.3, 0.4) is 0 Å². The Labute approximate surface area is 136 Å². The van der Waals surface area contributed by atoms with Crippen LogP contribution in [0.5, 0.6) is 0 Å². The summed E-state index contributed by atoms with van der Waals surface area (Å²) < 4.78 is 0. The van der Waals surface area contributed by atoms with Gasteiger partial charge in [0, 0.05) is 22.4 Å². The molecule has 1 nitrogen and oxygen atoms in total. The summed E-state index contributed by atoms with van der Waals surface area (Å²) in [5.41, 5.74) is 5.70. The molecule has 1 aromatic heterocycles. The van der Waals surface area contributed by atoms with Gasteiger partial charge in [-0.1, -0.05) is 57.2 Å². The average Bonchev–Trinajstić information content (AvgIpc) is 2.65. The predicted octanol–water partition coefficient (Wildman–Crippen LogP) is 5.56. The van der Waals surface area contributed by atoms with Gasteiger partial charge in [0.05, 0.1) is 5.52 Å². The van der Waals surface area contributed by atoms with Crippen molar-refractivity contribution in [3.8, 4) is 0 Å². The molecule has 0 saturated heterocycles. The van der Waals surface area contributed by atoms with Crippen molar-refractivity contribution in [1.82, 2.24) is 4.98 Å². The molecule has 0 bridgehead atoms. The van der Waals surface area contributed by atoms with Gasteiger partial charge >= 0.3 is 0 Å². The summed E-state index contributed by atoms with van der Waals surface area (Å²) in [5.74, 6) is 0.727. The molecule has 0 N–H and O–H groups in total. The van der Waals surface area contributed by atoms with Crippen molar-refractivity contribution in [3.05, 3.63) is 53.7 Å². The summed E-state index contributed by atoms with van der Waals surface area (Å²) in [5, 5.41) is 3.99. The number of hydrogen-bond donors (Lipinski definition) is 0. The van der Waals surface area contributed by atoms with Crippen molar-refractivity contribution in [3.63, 3.8) is 0 Å². The molecule has 2 aromatic carbocycles. The molecule has 6 rings (SSSR count). The second kappa shape index (κ2) is 3.31. The minimum Gasteiger partial charge on any atom is -0.255 e. The largest absolute Gasteiger partial charge is 0.255 e. The van der Waals surface area contributed by atoms with Crippen LogP contribution in [0.15, 0.2) is 42.6 Å². The van der Waals surface area contributed by atoms with E-state index in [1.807, 2.05) is 0 Å². The van der Waals surface area contributed by atoms with Crippen molar-refractivity contribution in [2.75, 3.05) is 0 Å². The van der Waals surface area contributed by atoms with E-state index in [4.69, 9.17) is 4.98 Å². The fourth-order valence-electron chi connectivity index (χ4n) is 6.92. The maximum Gasteiger partial charge on any atom is 0.0783 e. The molecule has 2 saturated carbocycles. The number of aromatic nitrogens is 1. The van der Waals surface area contributed by atoms with Gasteiger partial charge in [-0.3, -0.25) is 4.98 Å². The number of hydrogen-bond acceptors (Lipinski definition) is 1. The highest BCUT2D eigenvalue weighted by molar-refractivity contribution is 6.07. The zero-order valence-corrected chi connectivity index (χ0v) is 14.0. The molecule has 114 valence electrons. The maximum atomic E-state index is 4.94. The Bertz CT molecular complexity index is 1030. The van der Waals surface area contributed by atoms with Gasteiger partial charge < -0.3 is 0 Å². The van der Waals surface area contributed by atoms with Crippen molar-refractivity contribution in [2.45, 2.75) is 44.9 Å². The van der Waals surface area contributed by atoms with Crippen molar-refractivity contribution in [2.24, 2.45) is 10.8 Å². The monoisotopic (exact) mass is 299 g/mol. The second-order valence-corrected chi connectivity index (χ2v) is 8.80. The van der Waals surface area contributed by atoms with Crippen LogP contribution < -0.4 is 0 Å². The van der Waals surface area contributed by atoms with Crippen LogP contribution in [0.1, 0.15) is 50.7 Å². The minimum absolute atomic E-state index is 0.337. The second-order valence-electron chi connectivity index (χ2n) is 8.80. The molecule has 3 aliphatic carbocycles. The van der Waals surface area contributed by atoms with E-state index in [2.05, 4.69) is 63.4 Å². The number of benzene rings is 2. The van der Waals surface area contributed by atoms with E-state index in [0.717, 1.165) is 5.92 Å². The standard InChI is InChI=1S/C22H21N/c1-20-10-17-16-11-23-19-14-7-5-4-6-13(14)8-9-15(19)18(16)21(2,12-20)22(17,20)3/h4-9,11,17H,10,12H2,1-3H3. The van der Waals surface area contributed by atoms with Crippen LogP contribution in [0.4, 0.5) is 0 Å². The third kappa shape index (κ3) is 1.03. The zero-order chi connectivity index (χ0) is 15.6. The Hall–Kier alpha value is -1.89. The quantitative estimate of drug-likeness (QED) is 0.495. The van der Waals surface area contributed by atoms with Crippen LogP contribution in [0.25, 0.3) is 21.7 Å². The van der Waals surface area contributed by atoms with E-state index in [0.29, 0.717) is 16.2 Å². The first kappa shape index (κ1) is 12.5. The maximum absolute atomic E-state index is 4.94. The molecule has 3 aliphatic rings. The fourth-order valence-corrected chi connectivity index (χ4v) is 6.92. The van der Waals surface area contributed by atoms with Gasteiger partial charge in [0.25, 0.3) is 0 Å². The summed E-state index contributed by atoms with van der Waals surface area (Å²) >= 11 is 0. The predicted molar refractivity (Wildman–Crippen MR) is 94.8 cm³/mol. The van der Waals surface area contributed by atoms with Crippen LogP contribution in [0, 0.1) is 10.8 Å². The Kier molecular flexibility index (Phi) is 1.80. The molecule has 1 heterocycles. The first-order valence-electron chi connectivity index (χ1n) is 8.80. The molecule has 3 aromatic rings. The fraction of sp³-hybridized carbons (Fsp3) is 0.409.